The number of hydrogen-bond donors (Lipinski definition) is 0. The zero-order valence-electron chi connectivity index (χ0n) is 17.3. The quantitative estimate of drug-likeness (QED) is 0.383. The van der Waals surface area contributed by atoms with Crippen LogP contribution in [0.15, 0.2) is 70.2 Å². The molecule has 10 heteroatoms. The summed E-state index contributed by atoms with van der Waals surface area (Å²) in [5.41, 5.74) is 0.682. The van der Waals surface area contributed by atoms with E-state index >= 15 is 0 Å². The smallest absolute Gasteiger partial charge is 0.244 e. The van der Waals surface area contributed by atoms with E-state index in [-0.39, 0.29) is 11.4 Å². The third kappa shape index (κ3) is 4.61. The Balaban J connectivity index is 1.66. The zero-order chi connectivity index (χ0) is 22.7. The molecule has 0 bridgehead atoms. The number of hydrogen-bond acceptors (Lipinski definition) is 8. The molecule has 2 aromatic heterocycles. The summed E-state index contributed by atoms with van der Waals surface area (Å²) < 4.78 is 42.3. The van der Waals surface area contributed by atoms with Gasteiger partial charge in [-0.1, -0.05) is 11.3 Å². The van der Waals surface area contributed by atoms with Crippen molar-refractivity contribution in [3.05, 3.63) is 66.6 Å². The van der Waals surface area contributed by atoms with Crippen LogP contribution in [0.25, 0.3) is 10.2 Å². The van der Waals surface area contributed by atoms with Crippen molar-refractivity contribution in [2.45, 2.75) is 11.4 Å². The second kappa shape index (κ2) is 9.01. The summed E-state index contributed by atoms with van der Waals surface area (Å²) in [6, 6.07) is 14.7. The minimum Gasteiger partial charge on any atom is -0.497 e. The SMILES string of the molecule is COc1ccc(S(=O)(=O)CC(=O)N(Cc2ccco2)c2nc3ccc(OC)cc3s2)cc1. The van der Waals surface area contributed by atoms with Crippen LogP contribution in [0.2, 0.25) is 0 Å². The molecule has 0 saturated heterocycles. The van der Waals surface area contributed by atoms with Crippen LogP contribution < -0.4 is 14.4 Å². The Hall–Kier alpha value is -3.37. The second-order valence-electron chi connectivity index (χ2n) is 6.82. The Morgan fingerprint density at radius 1 is 1.06 bits per heavy atom. The summed E-state index contributed by atoms with van der Waals surface area (Å²) in [5.74, 6) is 0.387. The molecular formula is C22H20N2O6S2. The molecule has 0 atom stereocenters. The Labute approximate surface area is 188 Å². The number of amides is 1. The molecule has 8 nitrogen and oxygen atoms in total. The Bertz CT molecular complexity index is 1330. The number of rotatable bonds is 8. The standard InChI is InChI=1S/C22H20N2O6S2/c1-28-15-5-8-18(9-6-15)32(26,27)14-21(25)24(13-17-4-3-11-30-17)22-23-19-10-7-16(29-2)12-20(19)31-22/h3-12H,13-14H2,1-2H3. The van der Waals surface area contributed by atoms with Gasteiger partial charge in [-0.15, -0.1) is 0 Å². The topological polar surface area (TPSA) is 98.9 Å². The third-order valence-corrected chi connectivity index (χ3v) is 7.40. The average Bonchev–Trinajstić information content (AvgIpc) is 3.46. The first-order chi connectivity index (χ1) is 15.4. The van der Waals surface area contributed by atoms with E-state index in [9.17, 15) is 13.2 Å². The summed E-state index contributed by atoms with van der Waals surface area (Å²) in [4.78, 5) is 19.1. The summed E-state index contributed by atoms with van der Waals surface area (Å²) in [7, 11) is -0.815. The lowest BCUT2D eigenvalue weighted by Gasteiger charge is -2.18. The summed E-state index contributed by atoms with van der Waals surface area (Å²) >= 11 is 1.27. The van der Waals surface area contributed by atoms with Crippen molar-refractivity contribution >= 4 is 42.4 Å². The minimum absolute atomic E-state index is 0.0404. The number of sulfone groups is 1. The van der Waals surface area contributed by atoms with Crippen molar-refractivity contribution in [2.75, 3.05) is 24.9 Å². The molecule has 0 aliphatic carbocycles. The van der Waals surface area contributed by atoms with Gasteiger partial charge in [0.2, 0.25) is 5.91 Å². The average molecular weight is 473 g/mol. The molecule has 4 aromatic rings. The van der Waals surface area contributed by atoms with Crippen molar-refractivity contribution in [2.24, 2.45) is 0 Å². The lowest BCUT2D eigenvalue weighted by molar-refractivity contribution is -0.116. The fourth-order valence-electron chi connectivity index (χ4n) is 3.06. The number of anilines is 1. The predicted octanol–water partition coefficient (Wildman–Crippen LogP) is 3.91. The van der Waals surface area contributed by atoms with Crippen LogP contribution in [0, 0.1) is 0 Å². The van der Waals surface area contributed by atoms with Gasteiger partial charge in [-0.3, -0.25) is 9.69 Å². The summed E-state index contributed by atoms with van der Waals surface area (Å²) in [5, 5.41) is 0.375. The highest BCUT2D eigenvalue weighted by Gasteiger charge is 2.27. The Morgan fingerprint density at radius 3 is 2.44 bits per heavy atom. The van der Waals surface area contributed by atoms with E-state index in [1.807, 2.05) is 6.07 Å². The molecule has 0 radical (unpaired) electrons. The maximum absolute atomic E-state index is 13.2. The number of furan rings is 1. The van der Waals surface area contributed by atoms with Crippen molar-refractivity contribution < 1.29 is 27.1 Å². The van der Waals surface area contributed by atoms with E-state index in [4.69, 9.17) is 13.9 Å². The van der Waals surface area contributed by atoms with Gasteiger partial charge in [0, 0.05) is 0 Å². The zero-order valence-corrected chi connectivity index (χ0v) is 19.0. The predicted molar refractivity (Wildman–Crippen MR) is 121 cm³/mol. The Morgan fingerprint density at radius 2 is 1.78 bits per heavy atom. The van der Waals surface area contributed by atoms with Crippen LogP contribution >= 0.6 is 11.3 Å². The molecule has 0 N–H and O–H groups in total. The third-order valence-electron chi connectivity index (χ3n) is 4.74. The molecule has 0 spiro atoms. The number of thiazole rings is 1. The highest BCUT2D eigenvalue weighted by Crippen LogP contribution is 2.32. The van der Waals surface area contributed by atoms with E-state index in [1.165, 1.54) is 41.7 Å². The van der Waals surface area contributed by atoms with Gasteiger partial charge in [0.05, 0.1) is 42.1 Å². The van der Waals surface area contributed by atoms with Gasteiger partial charge in [-0.05, 0) is 54.6 Å². The molecule has 0 aliphatic rings. The van der Waals surface area contributed by atoms with Gasteiger partial charge in [-0.2, -0.15) is 0 Å². The molecule has 32 heavy (non-hydrogen) atoms. The number of carbonyl (C=O) groups is 1. The lowest BCUT2D eigenvalue weighted by Crippen LogP contribution is -2.35. The van der Waals surface area contributed by atoms with E-state index in [0.717, 1.165) is 4.70 Å². The van der Waals surface area contributed by atoms with Crippen LogP contribution in [0.5, 0.6) is 11.5 Å². The first kappa shape index (κ1) is 21.8. The normalized spacial score (nSPS) is 11.4. The largest absolute Gasteiger partial charge is 0.497 e. The monoisotopic (exact) mass is 472 g/mol. The van der Waals surface area contributed by atoms with Crippen LogP contribution in [0.3, 0.4) is 0 Å². The molecule has 0 unspecified atom stereocenters. The molecule has 1 amide bonds. The van der Waals surface area contributed by atoms with Gasteiger partial charge >= 0.3 is 0 Å². The molecule has 0 fully saturated rings. The highest BCUT2D eigenvalue weighted by atomic mass is 32.2. The number of fused-ring (bicyclic) bond motifs is 1. The van der Waals surface area contributed by atoms with Crippen molar-refractivity contribution in [1.82, 2.24) is 4.98 Å². The van der Waals surface area contributed by atoms with E-state index in [0.29, 0.717) is 27.9 Å². The first-order valence-electron chi connectivity index (χ1n) is 9.54. The minimum atomic E-state index is -3.88. The summed E-state index contributed by atoms with van der Waals surface area (Å²) in [6.07, 6.45) is 1.50. The number of benzene rings is 2. The van der Waals surface area contributed by atoms with E-state index in [1.54, 1.807) is 43.5 Å². The van der Waals surface area contributed by atoms with Crippen molar-refractivity contribution in [1.29, 1.82) is 0 Å². The number of ether oxygens (including phenoxy) is 2. The van der Waals surface area contributed by atoms with Gasteiger partial charge in [0.25, 0.3) is 0 Å². The highest BCUT2D eigenvalue weighted by molar-refractivity contribution is 7.92. The first-order valence-corrected chi connectivity index (χ1v) is 12.0. The molecule has 0 aliphatic heterocycles. The van der Waals surface area contributed by atoms with Gasteiger partial charge in [0.1, 0.15) is 23.0 Å². The maximum Gasteiger partial charge on any atom is 0.244 e. The van der Waals surface area contributed by atoms with Gasteiger partial charge in [-0.25, -0.2) is 13.4 Å². The number of methoxy groups -OCH3 is 2. The Kier molecular flexibility index (Phi) is 6.15. The van der Waals surface area contributed by atoms with E-state index < -0.39 is 21.5 Å². The van der Waals surface area contributed by atoms with Crippen LogP contribution in [0.1, 0.15) is 5.76 Å². The fourth-order valence-corrected chi connectivity index (χ4v) is 5.27. The number of carbonyl (C=O) groups excluding carboxylic acids is 1. The van der Waals surface area contributed by atoms with Crippen molar-refractivity contribution in [3.8, 4) is 11.5 Å². The van der Waals surface area contributed by atoms with E-state index in [2.05, 4.69) is 4.98 Å². The molecule has 0 saturated carbocycles. The van der Waals surface area contributed by atoms with Gasteiger partial charge in [0.15, 0.2) is 15.0 Å². The maximum atomic E-state index is 13.2. The molecule has 166 valence electrons. The molecule has 4 rings (SSSR count). The molecular weight excluding hydrogens is 452 g/mol. The molecule has 2 heterocycles. The number of aromatic nitrogens is 1. The molecule has 2 aromatic carbocycles. The van der Waals surface area contributed by atoms with Crippen LogP contribution in [0.4, 0.5) is 5.13 Å². The number of nitrogens with zero attached hydrogens (tertiary/aromatic N) is 2. The second-order valence-corrected chi connectivity index (χ2v) is 9.82. The lowest BCUT2D eigenvalue weighted by atomic mass is 10.3. The van der Waals surface area contributed by atoms with Gasteiger partial charge < -0.3 is 13.9 Å². The fraction of sp³-hybridized carbons (Fsp3) is 0.182. The van der Waals surface area contributed by atoms with Crippen LogP contribution in [-0.2, 0) is 21.2 Å². The summed E-state index contributed by atoms with van der Waals surface area (Å²) in [6.45, 7) is 0.0565. The van der Waals surface area contributed by atoms with Crippen LogP contribution in [-0.4, -0.2) is 39.3 Å². The van der Waals surface area contributed by atoms with Crippen molar-refractivity contribution in [3.63, 3.8) is 0 Å².